The summed E-state index contributed by atoms with van der Waals surface area (Å²) in [7, 11) is 0. The van der Waals surface area contributed by atoms with Crippen LogP contribution in [0, 0.1) is 0 Å². The molecule has 0 atom stereocenters. The Balaban J connectivity index is 2.04. The third-order valence-corrected chi connectivity index (χ3v) is 3.39. The summed E-state index contributed by atoms with van der Waals surface area (Å²) < 4.78 is 8.62. The lowest BCUT2D eigenvalue weighted by molar-refractivity contribution is 0.553. The second-order valence-electron chi connectivity index (χ2n) is 3.82. The molecule has 0 bridgehead atoms. The zero-order valence-electron chi connectivity index (χ0n) is 9.55. The predicted octanol–water partition coefficient (Wildman–Crippen LogP) is 3.63. The molecule has 0 unspecified atom stereocenters. The van der Waals surface area contributed by atoms with Crippen LogP contribution in [-0.2, 0) is 0 Å². The Morgan fingerprint density at radius 3 is 2.63 bits per heavy atom. The van der Waals surface area contributed by atoms with Crippen molar-refractivity contribution in [1.82, 2.24) is 14.8 Å². The molecule has 5 nitrogen and oxygen atoms in total. The molecule has 0 amide bonds. The van der Waals surface area contributed by atoms with Gasteiger partial charge in [0, 0.05) is 10.7 Å². The van der Waals surface area contributed by atoms with Crippen molar-refractivity contribution in [3.05, 3.63) is 45.8 Å². The Morgan fingerprint density at radius 1 is 1.16 bits per heavy atom. The van der Waals surface area contributed by atoms with E-state index in [4.69, 9.17) is 10.2 Å². The summed E-state index contributed by atoms with van der Waals surface area (Å²) >= 11 is 6.59. The molecule has 3 aromatic heterocycles. The van der Waals surface area contributed by atoms with E-state index in [2.05, 4.69) is 41.9 Å². The Hall–Kier alpha value is -1.60. The summed E-state index contributed by atoms with van der Waals surface area (Å²) in [4.78, 5) is 4.26. The smallest absolute Gasteiger partial charge is 0.169 e. The molecule has 0 aromatic carbocycles. The fourth-order valence-electron chi connectivity index (χ4n) is 1.64. The van der Waals surface area contributed by atoms with E-state index in [0.29, 0.717) is 27.6 Å². The number of rotatable bonds is 2. The van der Waals surface area contributed by atoms with Crippen molar-refractivity contribution in [3.8, 4) is 17.3 Å². The highest BCUT2D eigenvalue weighted by molar-refractivity contribution is 9.10. The Labute approximate surface area is 125 Å². The summed E-state index contributed by atoms with van der Waals surface area (Å²) in [6, 6.07) is 7.34. The predicted molar refractivity (Wildman–Crippen MR) is 78.9 cm³/mol. The van der Waals surface area contributed by atoms with Gasteiger partial charge in [0.15, 0.2) is 21.9 Å². The van der Waals surface area contributed by atoms with Gasteiger partial charge in [0.1, 0.15) is 0 Å². The molecular formula is C12H8Br2N4O. The molecule has 3 heterocycles. The molecule has 7 heteroatoms. The Kier molecular flexibility index (Phi) is 3.16. The van der Waals surface area contributed by atoms with Gasteiger partial charge in [-0.25, -0.2) is 9.67 Å². The number of nitrogen functional groups attached to an aromatic ring is 1. The number of furan rings is 1. The number of nitrogens with zero attached hydrogens (tertiary/aromatic N) is 3. The first kappa shape index (κ1) is 12.4. The van der Waals surface area contributed by atoms with Crippen LogP contribution in [0.15, 0.2) is 50.2 Å². The summed E-state index contributed by atoms with van der Waals surface area (Å²) in [5, 5.41) is 4.39. The van der Waals surface area contributed by atoms with Crippen LogP contribution in [0.1, 0.15) is 0 Å². The highest BCUT2D eigenvalue weighted by Gasteiger charge is 2.13. The zero-order valence-corrected chi connectivity index (χ0v) is 12.7. The Morgan fingerprint density at radius 2 is 2.00 bits per heavy atom. The van der Waals surface area contributed by atoms with Crippen LogP contribution in [-0.4, -0.2) is 14.8 Å². The maximum Gasteiger partial charge on any atom is 0.169 e. The lowest BCUT2D eigenvalue weighted by Crippen LogP contribution is -1.97. The summed E-state index contributed by atoms with van der Waals surface area (Å²) in [6.07, 6.45) is 3.42. The van der Waals surface area contributed by atoms with E-state index in [1.165, 1.54) is 0 Å². The van der Waals surface area contributed by atoms with E-state index in [-0.39, 0.29) is 0 Å². The highest BCUT2D eigenvalue weighted by Crippen LogP contribution is 2.28. The van der Waals surface area contributed by atoms with E-state index >= 15 is 0 Å². The maximum atomic E-state index is 5.95. The minimum atomic E-state index is 0.534. The largest absolute Gasteiger partial charge is 0.448 e. The molecule has 3 rings (SSSR count). The van der Waals surface area contributed by atoms with Gasteiger partial charge in [0.25, 0.3) is 0 Å². The van der Waals surface area contributed by atoms with E-state index in [9.17, 15) is 0 Å². The van der Waals surface area contributed by atoms with Gasteiger partial charge in [-0.2, -0.15) is 5.10 Å². The zero-order chi connectivity index (χ0) is 13.4. The molecule has 2 N–H and O–H groups in total. The molecule has 19 heavy (non-hydrogen) atoms. The minimum Gasteiger partial charge on any atom is -0.448 e. The number of pyridine rings is 1. The molecule has 0 saturated heterocycles. The summed E-state index contributed by atoms with van der Waals surface area (Å²) in [6.45, 7) is 0. The fourth-order valence-corrected chi connectivity index (χ4v) is 2.18. The van der Waals surface area contributed by atoms with Gasteiger partial charge in [-0.3, -0.25) is 0 Å². The van der Waals surface area contributed by atoms with Crippen molar-refractivity contribution in [3.63, 3.8) is 0 Å². The number of halogens is 2. The number of nitrogens with two attached hydrogens (primary N) is 1. The van der Waals surface area contributed by atoms with Crippen molar-refractivity contribution in [2.24, 2.45) is 0 Å². The standard InChI is InChI=1S/C12H8Br2N4O/c13-7-1-4-11(16-5-7)18-6-8(15)12(17-18)9-2-3-10(14)19-9/h1-6H,15H2. The normalized spacial score (nSPS) is 10.8. The number of aromatic nitrogens is 3. The van der Waals surface area contributed by atoms with Gasteiger partial charge in [-0.1, -0.05) is 0 Å². The third-order valence-electron chi connectivity index (χ3n) is 2.50. The van der Waals surface area contributed by atoms with Crippen LogP contribution in [0.3, 0.4) is 0 Å². The second-order valence-corrected chi connectivity index (χ2v) is 5.51. The molecule has 0 fully saturated rings. The first-order valence-electron chi connectivity index (χ1n) is 5.36. The van der Waals surface area contributed by atoms with Crippen molar-refractivity contribution in [2.75, 3.05) is 5.73 Å². The van der Waals surface area contributed by atoms with Gasteiger partial charge in [-0.15, -0.1) is 0 Å². The van der Waals surface area contributed by atoms with Gasteiger partial charge < -0.3 is 10.2 Å². The molecule has 3 aromatic rings. The monoisotopic (exact) mass is 382 g/mol. The number of hydrogen-bond donors (Lipinski definition) is 1. The first-order valence-corrected chi connectivity index (χ1v) is 6.95. The maximum absolute atomic E-state index is 5.95. The molecule has 96 valence electrons. The number of anilines is 1. The molecule has 0 saturated carbocycles. The van der Waals surface area contributed by atoms with E-state index in [0.717, 1.165) is 4.47 Å². The van der Waals surface area contributed by atoms with Gasteiger partial charge >= 0.3 is 0 Å². The van der Waals surface area contributed by atoms with Crippen LogP contribution >= 0.6 is 31.9 Å². The van der Waals surface area contributed by atoms with Crippen LogP contribution in [0.2, 0.25) is 0 Å². The molecule has 0 aliphatic carbocycles. The molecule has 0 spiro atoms. The van der Waals surface area contributed by atoms with E-state index < -0.39 is 0 Å². The van der Waals surface area contributed by atoms with Gasteiger partial charge in [0.2, 0.25) is 0 Å². The average Bonchev–Trinajstić information content (AvgIpc) is 2.96. The summed E-state index contributed by atoms with van der Waals surface area (Å²) in [5.74, 6) is 1.30. The van der Waals surface area contributed by atoms with Gasteiger partial charge in [-0.05, 0) is 56.1 Å². The molecular weight excluding hydrogens is 376 g/mol. The topological polar surface area (TPSA) is 69.9 Å². The molecule has 0 aliphatic heterocycles. The van der Waals surface area contributed by atoms with Crippen molar-refractivity contribution in [2.45, 2.75) is 0 Å². The molecule has 0 radical (unpaired) electrons. The van der Waals surface area contributed by atoms with Crippen molar-refractivity contribution in [1.29, 1.82) is 0 Å². The lowest BCUT2D eigenvalue weighted by Gasteiger charge is -1.98. The van der Waals surface area contributed by atoms with E-state index in [1.807, 2.05) is 18.2 Å². The SMILES string of the molecule is Nc1cn(-c2ccc(Br)cn2)nc1-c1ccc(Br)o1. The Bertz CT molecular complexity index is 718. The van der Waals surface area contributed by atoms with E-state index in [1.54, 1.807) is 23.1 Å². The number of hydrogen-bond acceptors (Lipinski definition) is 4. The van der Waals surface area contributed by atoms with Crippen LogP contribution in [0.5, 0.6) is 0 Å². The second kappa shape index (κ2) is 4.82. The minimum absolute atomic E-state index is 0.534. The van der Waals surface area contributed by atoms with Crippen molar-refractivity contribution < 1.29 is 4.42 Å². The third kappa shape index (κ3) is 2.43. The first-order chi connectivity index (χ1) is 9.13. The van der Waals surface area contributed by atoms with Crippen LogP contribution in [0.4, 0.5) is 5.69 Å². The summed E-state index contributed by atoms with van der Waals surface area (Å²) in [5.41, 5.74) is 7.08. The van der Waals surface area contributed by atoms with Crippen LogP contribution < -0.4 is 5.73 Å². The van der Waals surface area contributed by atoms with Crippen molar-refractivity contribution >= 4 is 37.5 Å². The highest BCUT2D eigenvalue weighted by atomic mass is 79.9. The quantitative estimate of drug-likeness (QED) is 0.733. The fraction of sp³-hybridized carbons (Fsp3) is 0. The molecule has 0 aliphatic rings. The lowest BCUT2D eigenvalue weighted by atomic mass is 10.3. The average molecular weight is 384 g/mol. The van der Waals surface area contributed by atoms with Gasteiger partial charge in [0.05, 0.1) is 11.9 Å². The van der Waals surface area contributed by atoms with Crippen LogP contribution in [0.25, 0.3) is 17.3 Å².